The monoisotopic (exact) mass is 307 g/mol. The molecule has 0 unspecified atom stereocenters. The van der Waals surface area contributed by atoms with Gasteiger partial charge in [0.15, 0.2) is 6.61 Å². The number of carbonyl (C=O) groups is 2. The number of halogens is 1. The fourth-order valence-corrected chi connectivity index (χ4v) is 3.01. The van der Waals surface area contributed by atoms with Gasteiger partial charge in [0.2, 0.25) is 0 Å². The van der Waals surface area contributed by atoms with Crippen LogP contribution in [-0.2, 0) is 19.7 Å². The van der Waals surface area contributed by atoms with Crippen LogP contribution in [0.5, 0.6) is 0 Å². The van der Waals surface area contributed by atoms with Crippen LogP contribution >= 0.6 is 0 Å². The summed E-state index contributed by atoms with van der Waals surface area (Å²) < 4.78 is 18.7. The molecule has 0 aliphatic heterocycles. The summed E-state index contributed by atoms with van der Waals surface area (Å²) in [5, 5.41) is 2.67. The van der Waals surface area contributed by atoms with Gasteiger partial charge in [0.1, 0.15) is 5.82 Å². The zero-order valence-corrected chi connectivity index (χ0v) is 13.0. The topological polar surface area (TPSA) is 55.4 Å². The minimum Gasteiger partial charge on any atom is -0.455 e. The van der Waals surface area contributed by atoms with Gasteiger partial charge in [0, 0.05) is 6.04 Å². The molecule has 1 aliphatic carbocycles. The van der Waals surface area contributed by atoms with Gasteiger partial charge in [-0.15, -0.1) is 0 Å². The first-order chi connectivity index (χ1) is 10.4. The normalized spacial score (nSPS) is 16.5. The molecule has 1 amide bonds. The molecular weight excluding hydrogens is 285 g/mol. The smallest absolute Gasteiger partial charge is 0.317 e. The maximum Gasteiger partial charge on any atom is 0.317 e. The lowest BCUT2D eigenvalue weighted by Gasteiger charge is -2.27. The van der Waals surface area contributed by atoms with Gasteiger partial charge in [0.05, 0.1) is 5.41 Å². The van der Waals surface area contributed by atoms with E-state index in [9.17, 15) is 14.0 Å². The fourth-order valence-electron chi connectivity index (χ4n) is 3.01. The van der Waals surface area contributed by atoms with Crippen molar-refractivity contribution in [3.63, 3.8) is 0 Å². The number of benzene rings is 1. The van der Waals surface area contributed by atoms with Gasteiger partial charge >= 0.3 is 5.97 Å². The van der Waals surface area contributed by atoms with Crippen molar-refractivity contribution in [1.29, 1.82) is 0 Å². The summed E-state index contributed by atoms with van der Waals surface area (Å²) in [5.41, 5.74) is -0.181. The van der Waals surface area contributed by atoms with E-state index in [0.717, 1.165) is 12.8 Å². The summed E-state index contributed by atoms with van der Waals surface area (Å²) in [4.78, 5) is 24.2. The summed E-state index contributed by atoms with van der Waals surface area (Å²) in [6.07, 6.45) is 3.04. The maximum absolute atomic E-state index is 13.5. The van der Waals surface area contributed by atoms with Crippen molar-refractivity contribution in [2.75, 3.05) is 6.61 Å². The van der Waals surface area contributed by atoms with Gasteiger partial charge in [0.25, 0.3) is 5.91 Å². The molecule has 0 atom stereocenters. The lowest BCUT2D eigenvalue weighted by Crippen LogP contribution is -2.39. The fraction of sp³-hybridized carbons (Fsp3) is 0.529. The lowest BCUT2D eigenvalue weighted by molar-refractivity contribution is -0.154. The van der Waals surface area contributed by atoms with E-state index in [0.29, 0.717) is 18.4 Å². The molecule has 1 aromatic rings. The van der Waals surface area contributed by atoms with E-state index in [-0.39, 0.29) is 24.4 Å². The molecule has 1 fully saturated rings. The Kier molecular flexibility index (Phi) is 5.16. The minimum absolute atomic E-state index is 0.00476. The van der Waals surface area contributed by atoms with E-state index >= 15 is 0 Å². The number of carbonyl (C=O) groups excluding carboxylic acids is 2. The quantitative estimate of drug-likeness (QED) is 0.851. The summed E-state index contributed by atoms with van der Waals surface area (Å²) >= 11 is 0. The summed E-state index contributed by atoms with van der Waals surface area (Å²) in [7, 11) is 0. The second kappa shape index (κ2) is 6.90. The van der Waals surface area contributed by atoms with E-state index in [1.165, 1.54) is 12.1 Å². The van der Waals surface area contributed by atoms with E-state index in [1.807, 2.05) is 13.8 Å². The van der Waals surface area contributed by atoms with Crippen LogP contribution in [0.15, 0.2) is 24.3 Å². The number of ether oxygens (including phenoxy) is 1. The predicted molar refractivity (Wildman–Crippen MR) is 80.8 cm³/mol. The number of rotatable bonds is 5. The van der Waals surface area contributed by atoms with Crippen molar-refractivity contribution in [1.82, 2.24) is 5.32 Å². The third kappa shape index (κ3) is 3.64. The molecule has 1 aromatic carbocycles. The van der Waals surface area contributed by atoms with Gasteiger partial charge in [-0.1, -0.05) is 25.0 Å². The average Bonchev–Trinajstić information content (AvgIpc) is 2.95. The highest BCUT2D eigenvalue weighted by molar-refractivity contribution is 5.86. The Morgan fingerprint density at radius 1 is 1.32 bits per heavy atom. The Morgan fingerprint density at radius 3 is 2.59 bits per heavy atom. The van der Waals surface area contributed by atoms with Gasteiger partial charge in [-0.05, 0) is 44.4 Å². The molecule has 1 aliphatic rings. The zero-order chi connectivity index (χ0) is 16.2. The molecule has 5 heteroatoms. The van der Waals surface area contributed by atoms with Crippen molar-refractivity contribution < 1.29 is 18.7 Å². The first kappa shape index (κ1) is 16.5. The second-order valence-corrected chi connectivity index (χ2v) is 6.10. The van der Waals surface area contributed by atoms with Gasteiger partial charge in [-0.25, -0.2) is 4.39 Å². The lowest BCUT2D eigenvalue weighted by atomic mass is 9.79. The first-order valence-electron chi connectivity index (χ1n) is 7.67. The van der Waals surface area contributed by atoms with Crippen LogP contribution in [0.1, 0.15) is 45.1 Å². The van der Waals surface area contributed by atoms with Gasteiger partial charge in [-0.3, -0.25) is 9.59 Å². The van der Waals surface area contributed by atoms with Gasteiger partial charge < -0.3 is 10.1 Å². The van der Waals surface area contributed by atoms with Crippen molar-refractivity contribution in [2.24, 2.45) is 0 Å². The zero-order valence-electron chi connectivity index (χ0n) is 13.0. The molecule has 0 aromatic heterocycles. The first-order valence-corrected chi connectivity index (χ1v) is 7.67. The van der Waals surface area contributed by atoms with E-state index in [4.69, 9.17) is 4.74 Å². The largest absolute Gasteiger partial charge is 0.455 e. The van der Waals surface area contributed by atoms with Gasteiger partial charge in [-0.2, -0.15) is 0 Å². The molecule has 0 saturated heterocycles. The van der Waals surface area contributed by atoms with E-state index in [1.54, 1.807) is 12.1 Å². The molecule has 120 valence electrons. The molecule has 22 heavy (non-hydrogen) atoms. The molecular formula is C17H22FNO3. The standard InChI is InChI=1S/C17H22FNO3/c1-12(2)19-15(20)11-22-16(21)17(8-3-4-9-17)13-6-5-7-14(18)10-13/h5-7,10,12H,3-4,8-9,11H2,1-2H3,(H,19,20). The third-order valence-electron chi connectivity index (χ3n) is 4.01. The molecule has 0 spiro atoms. The molecule has 1 N–H and O–H groups in total. The Morgan fingerprint density at radius 2 is 2.00 bits per heavy atom. The van der Waals surface area contributed by atoms with Crippen LogP contribution in [-0.4, -0.2) is 24.5 Å². The summed E-state index contributed by atoms with van der Waals surface area (Å²) in [6.45, 7) is 3.38. The van der Waals surface area contributed by atoms with Crippen LogP contribution in [0, 0.1) is 5.82 Å². The van der Waals surface area contributed by atoms with Crippen molar-refractivity contribution in [3.05, 3.63) is 35.6 Å². The Balaban J connectivity index is 2.11. The summed E-state index contributed by atoms with van der Waals surface area (Å²) in [6, 6.07) is 6.09. The van der Waals surface area contributed by atoms with Crippen LogP contribution < -0.4 is 5.32 Å². The summed E-state index contributed by atoms with van der Waals surface area (Å²) in [5.74, 6) is -1.13. The highest BCUT2D eigenvalue weighted by atomic mass is 19.1. The van der Waals surface area contributed by atoms with Crippen molar-refractivity contribution >= 4 is 11.9 Å². The SMILES string of the molecule is CC(C)NC(=O)COC(=O)C1(c2cccc(F)c2)CCCC1. The Hall–Kier alpha value is -1.91. The van der Waals surface area contributed by atoms with Crippen LogP contribution in [0.25, 0.3) is 0 Å². The maximum atomic E-state index is 13.5. The van der Waals surface area contributed by atoms with Crippen molar-refractivity contribution in [3.8, 4) is 0 Å². The minimum atomic E-state index is -0.819. The van der Waals surface area contributed by atoms with Crippen LogP contribution in [0.4, 0.5) is 4.39 Å². The predicted octanol–water partition coefficient (Wildman–Crippen LogP) is 2.71. The number of amides is 1. The second-order valence-electron chi connectivity index (χ2n) is 6.10. The highest BCUT2D eigenvalue weighted by Crippen LogP contribution is 2.42. The molecule has 1 saturated carbocycles. The Labute approximate surface area is 130 Å². The van der Waals surface area contributed by atoms with E-state index in [2.05, 4.69) is 5.32 Å². The molecule has 0 heterocycles. The number of hydrogen-bond donors (Lipinski definition) is 1. The highest BCUT2D eigenvalue weighted by Gasteiger charge is 2.44. The molecule has 4 nitrogen and oxygen atoms in total. The van der Waals surface area contributed by atoms with E-state index < -0.39 is 11.4 Å². The number of hydrogen-bond acceptors (Lipinski definition) is 3. The average molecular weight is 307 g/mol. The van der Waals surface area contributed by atoms with Crippen LogP contribution in [0.2, 0.25) is 0 Å². The third-order valence-corrected chi connectivity index (χ3v) is 4.01. The van der Waals surface area contributed by atoms with Crippen molar-refractivity contribution in [2.45, 2.75) is 51.0 Å². The van der Waals surface area contributed by atoms with Crippen LogP contribution in [0.3, 0.4) is 0 Å². The molecule has 0 bridgehead atoms. The number of nitrogens with one attached hydrogen (secondary N) is 1. The number of esters is 1. The molecule has 2 rings (SSSR count). The Bertz CT molecular complexity index is 551. The molecule has 0 radical (unpaired) electrons.